The van der Waals surface area contributed by atoms with Gasteiger partial charge in [0.25, 0.3) is 0 Å². The zero-order chi connectivity index (χ0) is 22.2. The number of hydrogen-bond acceptors (Lipinski definition) is 6. The lowest BCUT2D eigenvalue weighted by Crippen LogP contribution is -2.47. The lowest BCUT2D eigenvalue weighted by atomic mass is 9.93. The van der Waals surface area contributed by atoms with E-state index in [1.165, 1.54) is 0 Å². The van der Waals surface area contributed by atoms with Crippen molar-refractivity contribution < 1.29 is 9.52 Å². The van der Waals surface area contributed by atoms with Crippen LogP contribution in [0.3, 0.4) is 0 Å². The number of fused-ring (bicyclic) bond motifs is 2. The number of anilines is 1. The summed E-state index contributed by atoms with van der Waals surface area (Å²) in [5, 5.41) is 9.14. The summed E-state index contributed by atoms with van der Waals surface area (Å²) in [7, 11) is 0. The van der Waals surface area contributed by atoms with Crippen molar-refractivity contribution in [2.75, 3.05) is 44.2 Å². The zero-order valence-corrected chi connectivity index (χ0v) is 18.5. The van der Waals surface area contributed by atoms with Crippen LogP contribution in [0.15, 0.2) is 57.7 Å². The molecule has 0 amide bonds. The molecule has 0 saturated carbocycles. The predicted octanol–water partition coefficient (Wildman–Crippen LogP) is 3.69. The molecule has 0 bridgehead atoms. The number of aliphatic hydroxyl groups excluding tert-OH is 1. The van der Waals surface area contributed by atoms with Crippen molar-refractivity contribution in [3.05, 3.63) is 69.9 Å². The molecular formula is C26H27N3O3. The molecule has 32 heavy (non-hydrogen) atoms. The van der Waals surface area contributed by atoms with Gasteiger partial charge in [-0.2, -0.15) is 0 Å². The minimum absolute atomic E-state index is 0.0128. The van der Waals surface area contributed by atoms with Crippen molar-refractivity contribution in [1.29, 1.82) is 0 Å². The molecule has 1 aliphatic carbocycles. The number of hydrogen-bond donors (Lipinski definition) is 1. The Hall–Kier alpha value is -3.22. The molecule has 2 aliphatic heterocycles. The van der Waals surface area contributed by atoms with Gasteiger partial charge in [0.15, 0.2) is 16.8 Å². The normalized spacial score (nSPS) is 15.0. The van der Waals surface area contributed by atoms with Gasteiger partial charge in [0.1, 0.15) is 11.2 Å². The number of β-amino-alcohol motifs (C(OH)–C–C–N with tert-alkyl or cyclic N) is 1. The van der Waals surface area contributed by atoms with Crippen molar-refractivity contribution in [3.8, 4) is 22.6 Å². The van der Waals surface area contributed by atoms with E-state index in [0.29, 0.717) is 22.5 Å². The van der Waals surface area contributed by atoms with Crippen LogP contribution in [0.5, 0.6) is 0 Å². The van der Waals surface area contributed by atoms with Crippen molar-refractivity contribution in [1.82, 2.24) is 9.88 Å². The van der Waals surface area contributed by atoms with E-state index in [4.69, 9.17) is 14.5 Å². The van der Waals surface area contributed by atoms with Gasteiger partial charge in [0, 0.05) is 44.0 Å². The maximum absolute atomic E-state index is 13.3. The fourth-order valence-corrected chi connectivity index (χ4v) is 4.50. The minimum Gasteiger partial charge on any atom is -0.452 e. The molecule has 2 aromatic rings. The van der Waals surface area contributed by atoms with E-state index in [-0.39, 0.29) is 12.0 Å². The second-order valence-corrected chi connectivity index (χ2v) is 8.41. The lowest BCUT2D eigenvalue weighted by molar-refractivity contribution is 0.189. The van der Waals surface area contributed by atoms with E-state index in [9.17, 15) is 4.79 Å². The highest BCUT2D eigenvalue weighted by atomic mass is 16.3. The summed E-state index contributed by atoms with van der Waals surface area (Å²) in [6.45, 7) is 8.43. The zero-order valence-electron chi connectivity index (χ0n) is 18.5. The first kappa shape index (κ1) is 20.7. The molecule has 0 unspecified atom stereocenters. The maximum Gasteiger partial charge on any atom is 0.193 e. The van der Waals surface area contributed by atoms with Crippen molar-refractivity contribution in [3.63, 3.8) is 0 Å². The summed E-state index contributed by atoms with van der Waals surface area (Å²) in [5.41, 5.74) is 6.28. The smallest absolute Gasteiger partial charge is 0.193 e. The Bertz CT molecular complexity index is 1290. The summed E-state index contributed by atoms with van der Waals surface area (Å²) in [4.78, 5) is 22.7. The van der Waals surface area contributed by atoms with Crippen LogP contribution in [0, 0.1) is 13.8 Å². The molecule has 0 radical (unpaired) electrons. The number of benzene rings is 3. The molecule has 1 N–H and O–H groups in total. The Balaban J connectivity index is 1.55. The van der Waals surface area contributed by atoms with Gasteiger partial charge in [-0.1, -0.05) is 24.3 Å². The summed E-state index contributed by atoms with van der Waals surface area (Å²) in [5.74, 6) is 0.544. The van der Waals surface area contributed by atoms with Crippen LogP contribution in [0.4, 0.5) is 5.69 Å². The third-order valence-corrected chi connectivity index (χ3v) is 6.55. The third kappa shape index (κ3) is 3.55. The van der Waals surface area contributed by atoms with E-state index in [1.54, 1.807) is 0 Å². The highest BCUT2D eigenvalue weighted by molar-refractivity contribution is 5.86. The van der Waals surface area contributed by atoms with Gasteiger partial charge in [-0.3, -0.25) is 9.69 Å². The van der Waals surface area contributed by atoms with Crippen molar-refractivity contribution in [2.45, 2.75) is 13.8 Å². The quantitative estimate of drug-likeness (QED) is 0.499. The fraction of sp³-hybridized carbons (Fsp3) is 0.308. The highest BCUT2D eigenvalue weighted by Gasteiger charge is 2.24. The molecule has 2 aromatic carbocycles. The number of aliphatic hydroxyl groups is 1. The van der Waals surface area contributed by atoms with E-state index < -0.39 is 0 Å². The Labute approximate surface area is 187 Å². The number of para-hydroxylation sites is 2. The Morgan fingerprint density at radius 3 is 2.41 bits per heavy atom. The SMILES string of the molecule is Cc1c2nc3ccccc3oc-2c(-c2ccc(N3CCN(CCO)CC3)cc2)c(=O)c1C. The van der Waals surface area contributed by atoms with Gasteiger partial charge < -0.3 is 14.4 Å². The summed E-state index contributed by atoms with van der Waals surface area (Å²) < 4.78 is 6.23. The van der Waals surface area contributed by atoms with E-state index in [0.717, 1.165) is 60.7 Å². The van der Waals surface area contributed by atoms with Gasteiger partial charge in [-0.15, -0.1) is 0 Å². The molecule has 2 heterocycles. The maximum atomic E-state index is 13.3. The topological polar surface area (TPSA) is 69.8 Å². The fourth-order valence-electron chi connectivity index (χ4n) is 4.50. The first-order chi connectivity index (χ1) is 15.6. The Morgan fingerprint density at radius 1 is 0.969 bits per heavy atom. The predicted molar refractivity (Wildman–Crippen MR) is 128 cm³/mol. The minimum atomic E-state index is -0.0128. The van der Waals surface area contributed by atoms with Crippen LogP contribution in [-0.2, 0) is 0 Å². The summed E-state index contributed by atoms with van der Waals surface area (Å²) >= 11 is 0. The second-order valence-electron chi connectivity index (χ2n) is 8.41. The molecule has 0 atom stereocenters. The highest BCUT2D eigenvalue weighted by Crippen LogP contribution is 2.36. The summed E-state index contributed by atoms with van der Waals surface area (Å²) in [6, 6.07) is 15.8. The molecule has 3 aliphatic rings. The second kappa shape index (κ2) is 8.37. The van der Waals surface area contributed by atoms with Gasteiger partial charge in [-0.05, 0) is 49.2 Å². The number of nitrogens with zero attached hydrogens (tertiary/aromatic N) is 3. The summed E-state index contributed by atoms with van der Waals surface area (Å²) in [6.07, 6.45) is 0. The largest absolute Gasteiger partial charge is 0.452 e. The Kier molecular flexibility index (Phi) is 5.41. The molecule has 6 heteroatoms. The first-order valence-electron chi connectivity index (χ1n) is 11.1. The standard InChI is InChI=1S/C26H27N3O3/c1-17-18(2)25(31)23(26-24(17)27-21-5-3-4-6-22(21)32-26)19-7-9-20(10-8-19)29-13-11-28(12-14-29)15-16-30/h3-10,30H,11-16H2,1-2H3. The molecule has 0 aromatic heterocycles. The van der Waals surface area contributed by atoms with Crippen molar-refractivity contribution >= 4 is 16.8 Å². The third-order valence-electron chi connectivity index (χ3n) is 6.55. The molecule has 1 saturated heterocycles. The van der Waals surface area contributed by atoms with Crippen LogP contribution in [0.2, 0.25) is 0 Å². The van der Waals surface area contributed by atoms with E-state index in [2.05, 4.69) is 21.9 Å². The Morgan fingerprint density at radius 2 is 1.69 bits per heavy atom. The van der Waals surface area contributed by atoms with Crippen LogP contribution < -0.4 is 10.3 Å². The molecule has 0 spiro atoms. The molecule has 6 nitrogen and oxygen atoms in total. The molecule has 1 fully saturated rings. The lowest BCUT2D eigenvalue weighted by Gasteiger charge is -2.35. The monoisotopic (exact) mass is 429 g/mol. The molecular weight excluding hydrogens is 402 g/mol. The van der Waals surface area contributed by atoms with Crippen molar-refractivity contribution in [2.24, 2.45) is 0 Å². The van der Waals surface area contributed by atoms with Crippen LogP contribution in [-0.4, -0.2) is 54.3 Å². The van der Waals surface area contributed by atoms with Gasteiger partial charge in [0.2, 0.25) is 0 Å². The van der Waals surface area contributed by atoms with Gasteiger partial charge in [-0.25, -0.2) is 4.98 Å². The van der Waals surface area contributed by atoms with Crippen LogP contribution >= 0.6 is 0 Å². The molecule has 164 valence electrons. The van der Waals surface area contributed by atoms with Gasteiger partial charge in [0.05, 0.1) is 12.2 Å². The average molecular weight is 430 g/mol. The van der Waals surface area contributed by atoms with Gasteiger partial charge >= 0.3 is 0 Å². The average Bonchev–Trinajstić information content (AvgIpc) is 2.83. The van der Waals surface area contributed by atoms with E-state index >= 15 is 0 Å². The molecule has 5 rings (SSSR count). The van der Waals surface area contributed by atoms with Crippen LogP contribution in [0.1, 0.15) is 11.1 Å². The van der Waals surface area contributed by atoms with Crippen LogP contribution in [0.25, 0.3) is 33.7 Å². The number of piperazine rings is 1. The first-order valence-corrected chi connectivity index (χ1v) is 11.1. The number of aromatic nitrogens is 1. The van der Waals surface area contributed by atoms with E-state index in [1.807, 2.05) is 50.2 Å². The number of rotatable bonds is 4.